The summed E-state index contributed by atoms with van der Waals surface area (Å²) in [6.07, 6.45) is 0. The predicted octanol–water partition coefficient (Wildman–Crippen LogP) is 5.29. The van der Waals surface area contributed by atoms with Gasteiger partial charge in [-0.25, -0.2) is 4.39 Å². The summed E-state index contributed by atoms with van der Waals surface area (Å²) in [4.78, 5) is 0.955. The molecule has 1 heterocycles. The van der Waals surface area contributed by atoms with Crippen molar-refractivity contribution in [2.45, 2.75) is 12.3 Å². The van der Waals surface area contributed by atoms with Crippen molar-refractivity contribution in [1.82, 2.24) is 0 Å². The number of halogens is 3. The quantitative estimate of drug-likeness (QED) is 0.660. The van der Waals surface area contributed by atoms with Crippen molar-refractivity contribution in [3.8, 4) is 0 Å². The Kier molecular flexibility index (Phi) is 3.67. The van der Waals surface area contributed by atoms with Crippen molar-refractivity contribution in [2.75, 3.05) is 0 Å². The van der Waals surface area contributed by atoms with Gasteiger partial charge in [0.05, 0.1) is 9.16 Å². The molecule has 0 fully saturated rings. The van der Waals surface area contributed by atoms with Crippen LogP contribution in [0, 0.1) is 12.7 Å². The standard InChI is InChI=1S/C12H9BrClFS/c1-7-6-10(16-12(7)13)11(14)8-4-2-3-5-9(8)15/h2-6,11H,1H3. The van der Waals surface area contributed by atoms with Gasteiger partial charge in [0.2, 0.25) is 0 Å². The fourth-order valence-corrected chi connectivity index (χ4v) is 3.38. The molecule has 0 saturated carbocycles. The molecule has 0 spiro atoms. The summed E-state index contributed by atoms with van der Waals surface area (Å²) in [7, 11) is 0. The third-order valence-corrected chi connectivity index (χ3v) is 5.11. The fourth-order valence-electron chi connectivity index (χ4n) is 1.44. The van der Waals surface area contributed by atoms with Crippen molar-refractivity contribution >= 4 is 38.9 Å². The number of alkyl halides is 1. The molecule has 0 N–H and O–H groups in total. The van der Waals surface area contributed by atoms with Crippen molar-refractivity contribution in [3.63, 3.8) is 0 Å². The van der Waals surface area contributed by atoms with Crippen LogP contribution in [0.2, 0.25) is 0 Å². The lowest BCUT2D eigenvalue weighted by Gasteiger charge is -2.08. The van der Waals surface area contributed by atoms with Gasteiger partial charge in [-0.15, -0.1) is 22.9 Å². The van der Waals surface area contributed by atoms with Crippen LogP contribution in [0.15, 0.2) is 34.1 Å². The minimum absolute atomic E-state index is 0.260. The van der Waals surface area contributed by atoms with Crippen LogP contribution < -0.4 is 0 Å². The normalized spacial score (nSPS) is 12.8. The van der Waals surface area contributed by atoms with Crippen LogP contribution in [0.1, 0.15) is 21.4 Å². The molecule has 16 heavy (non-hydrogen) atoms. The average molecular weight is 320 g/mol. The van der Waals surface area contributed by atoms with Crippen LogP contribution in [-0.4, -0.2) is 0 Å². The van der Waals surface area contributed by atoms with E-state index in [1.807, 2.05) is 13.0 Å². The molecule has 1 atom stereocenters. The van der Waals surface area contributed by atoms with E-state index in [9.17, 15) is 4.39 Å². The Morgan fingerprint density at radius 1 is 1.38 bits per heavy atom. The lowest BCUT2D eigenvalue weighted by molar-refractivity contribution is 0.613. The monoisotopic (exact) mass is 318 g/mol. The maximum Gasteiger partial charge on any atom is 0.128 e. The molecule has 1 aromatic carbocycles. The second-order valence-corrected chi connectivity index (χ2v) is 6.33. The number of hydrogen-bond acceptors (Lipinski definition) is 1. The summed E-state index contributed by atoms with van der Waals surface area (Å²) in [6.45, 7) is 2.00. The Labute approximate surface area is 111 Å². The molecule has 0 aliphatic heterocycles. The summed E-state index contributed by atoms with van der Waals surface area (Å²) in [5, 5.41) is -0.420. The largest absolute Gasteiger partial charge is 0.207 e. The number of aryl methyl sites for hydroxylation is 1. The summed E-state index contributed by atoms with van der Waals surface area (Å²) < 4.78 is 14.6. The highest BCUT2D eigenvalue weighted by Gasteiger charge is 2.17. The zero-order chi connectivity index (χ0) is 11.7. The molecule has 84 valence electrons. The van der Waals surface area contributed by atoms with E-state index in [1.165, 1.54) is 6.07 Å². The molecule has 1 aromatic heterocycles. The number of hydrogen-bond donors (Lipinski definition) is 0. The van der Waals surface area contributed by atoms with Gasteiger partial charge in [-0.05, 0) is 40.5 Å². The molecule has 1 unspecified atom stereocenters. The maximum atomic E-state index is 13.5. The highest BCUT2D eigenvalue weighted by atomic mass is 79.9. The molecule has 0 radical (unpaired) electrons. The maximum absolute atomic E-state index is 13.5. The van der Waals surface area contributed by atoms with Gasteiger partial charge in [-0.1, -0.05) is 18.2 Å². The number of thiophene rings is 1. The molecule has 0 aliphatic carbocycles. The molecule has 0 saturated heterocycles. The van der Waals surface area contributed by atoms with Crippen LogP contribution in [-0.2, 0) is 0 Å². The Morgan fingerprint density at radius 3 is 2.62 bits per heavy atom. The number of benzene rings is 1. The smallest absolute Gasteiger partial charge is 0.128 e. The van der Waals surface area contributed by atoms with Gasteiger partial charge in [-0.2, -0.15) is 0 Å². The van der Waals surface area contributed by atoms with E-state index in [0.717, 1.165) is 14.2 Å². The van der Waals surface area contributed by atoms with Crippen LogP contribution in [0.4, 0.5) is 4.39 Å². The van der Waals surface area contributed by atoms with Gasteiger partial charge in [0, 0.05) is 10.4 Å². The van der Waals surface area contributed by atoms with Gasteiger partial charge in [0.25, 0.3) is 0 Å². The first-order valence-corrected chi connectivity index (χ1v) is 6.78. The van der Waals surface area contributed by atoms with Gasteiger partial charge >= 0.3 is 0 Å². The van der Waals surface area contributed by atoms with E-state index in [1.54, 1.807) is 29.5 Å². The van der Waals surface area contributed by atoms with Gasteiger partial charge < -0.3 is 0 Å². The van der Waals surface area contributed by atoms with Crippen molar-refractivity contribution in [3.05, 3.63) is 55.9 Å². The van der Waals surface area contributed by atoms with Crippen molar-refractivity contribution in [2.24, 2.45) is 0 Å². The molecular formula is C12H9BrClFS. The van der Waals surface area contributed by atoms with Gasteiger partial charge in [-0.3, -0.25) is 0 Å². The summed E-state index contributed by atoms with van der Waals surface area (Å²) in [6, 6.07) is 8.59. The first-order valence-electron chi connectivity index (χ1n) is 4.74. The molecule has 0 nitrogen and oxygen atoms in total. The zero-order valence-corrected chi connectivity index (χ0v) is 11.7. The summed E-state index contributed by atoms with van der Waals surface area (Å²) in [5.41, 5.74) is 1.65. The fraction of sp³-hybridized carbons (Fsp3) is 0.167. The summed E-state index contributed by atoms with van der Waals surface area (Å²) in [5.74, 6) is -0.260. The average Bonchev–Trinajstić information content (AvgIpc) is 2.59. The van der Waals surface area contributed by atoms with Crippen molar-refractivity contribution < 1.29 is 4.39 Å². The Bertz CT molecular complexity index is 490. The first-order chi connectivity index (χ1) is 7.59. The van der Waals surface area contributed by atoms with Crippen LogP contribution in [0.5, 0.6) is 0 Å². The van der Waals surface area contributed by atoms with Crippen LogP contribution in [0.25, 0.3) is 0 Å². The lowest BCUT2D eigenvalue weighted by Crippen LogP contribution is -1.93. The van der Waals surface area contributed by atoms with E-state index in [-0.39, 0.29) is 5.82 Å². The highest BCUT2D eigenvalue weighted by Crippen LogP contribution is 2.38. The Hall–Kier alpha value is -0.380. The predicted molar refractivity (Wildman–Crippen MR) is 70.9 cm³/mol. The van der Waals surface area contributed by atoms with E-state index in [2.05, 4.69) is 15.9 Å². The van der Waals surface area contributed by atoms with Crippen molar-refractivity contribution in [1.29, 1.82) is 0 Å². The Morgan fingerprint density at radius 2 is 2.06 bits per heavy atom. The van der Waals surface area contributed by atoms with E-state index in [4.69, 9.17) is 11.6 Å². The molecule has 2 aromatic rings. The Balaban J connectivity index is 2.39. The summed E-state index contributed by atoms with van der Waals surface area (Å²) >= 11 is 11.3. The zero-order valence-electron chi connectivity index (χ0n) is 8.51. The van der Waals surface area contributed by atoms with E-state index < -0.39 is 5.38 Å². The number of rotatable bonds is 2. The SMILES string of the molecule is Cc1cc(C(Cl)c2ccccc2F)sc1Br. The third-order valence-electron chi connectivity index (χ3n) is 2.30. The third kappa shape index (κ3) is 2.31. The van der Waals surface area contributed by atoms with Crippen LogP contribution in [0.3, 0.4) is 0 Å². The van der Waals surface area contributed by atoms with E-state index in [0.29, 0.717) is 5.56 Å². The highest BCUT2D eigenvalue weighted by molar-refractivity contribution is 9.11. The topological polar surface area (TPSA) is 0 Å². The molecule has 0 amide bonds. The second-order valence-electron chi connectivity index (χ2n) is 3.49. The van der Waals surface area contributed by atoms with Gasteiger partial charge in [0.1, 0.15) is 5.82 Å². The molecule has 0 bridgehead atoms. The molecule has 2 rings (SSSR count). The lowest BCUT2D eigenvalue weighted by atomic mass is 10.1. The molecular weight excluding hydrogens is 311 g/mol. The molecule has 0 aliphatic rings. The van der Waals surface area contributed by atoms with Crippen LogP contribution >= 0.6 is 38.9 Å². The second kappa shape index (κ2) is 4.86. The van der Waals surface area contributed by atoms with E-state index >= 15 is 0 Å². The minimum atomic E-state index is -0.420. The molecule has 4 heteroatoms. The van der Waals surface area contributed by atoms with Gasteiger partial charge in [0.15, 0.2) is 0 Å². The first kappa shape index (κ1) is 12.1. The minimum Gasteiger partial charge on any atom is -0.207 e.